The molecule has 0 unspecified atom stereocenters. The average Bonchev–Trinajstić information content (AvgIpc) is 3.44. The van der Waals surface area contributed by atoms with Gasteiger partial charge in [-0.1, -0.05) is 59.4 Å². The standard InChI is InChI=1S/C32H28N4O4S2/c1-22-9-11-23(12-10-22)21-33-36(32-34-28-18-15-26(40-2)20-30(28)41-32)31(37)25-13-16-27(17-14-25)42(38,39)35-19-5-7-24-6-3-4-8-29(24)35/h3-4,6,8-18,20-21H,5,7,19H2,1-2H3/b33-21+. The quantitative estimate of drug-likeness (QED) is 0.159. The van der Waals surface area contributed by atoms with Crippen LogP contribution in [0.5, 0.6) is 5.75 Å². The largest absolute Gasteiger partial charge is 0.497 e. The fourth-order valence-electron chi connectivity index (χ4n) is 4.84. The number of hydrogen-bond acceptors (Lipinski definition) is 7. The van der Waals surface area contributed by atoms with Gasteiger partial charge in [-0.3, -0.25) is 9.10 Å². The molecule has 8 nitrogen and oxygen atoms in total. The summed E-state index contributed by atoms with van der Waals surface area (Å²) in [6.07, 6.45) is 3.19. The van der Waals surface area contributed by atoms with Crippen molar-refractivity contribution in [1.82, 2.24) is 4.98 Å². The monoisotopic (exact) mass is 596 g/mol. The molecule has 212 valence electrons. The molecule has 42 heavy (non-hydrogen) atoms. The fraction of sp³-hybridized carbons (Fsp3) is 0.156. The first-order valence-corrected chi connectivity index (χ1v) is 15.7. The molecular formula is C32H28N4O4S2. The van der Waals surface area contributed by atoms with Crippen LogP contribution in [0.4, 0.5) is 10.8 Å². The van der Waals surface area contributed by atoms with Gasteiger partial charge in [0.25, 0.3) is 15.9 Å². The molecule has 1 aromatic heterocycles. The normalized spacial score (nSPS) is 13.3. The van der Waals surface area contributed by atoms with Gasteiger partial charge in [-0.25, -0.2) is 13.4 Å². The number of benzene rings is 4. The second kappa shape index (κ2) is 11.4. The summed E-state index contributed by atoms with van der Waals surface area (Å²) in [6.45, 7) is 2.41. The molecule has 6 rings (SSSR count). The molecule has 0 radical (unpaired) electrons. The Labute approximate surface area is 248 Å². The molecule has 0 spiro atoms. The Kier molecular flexibility index (Phi) is 7.49. The lowest BCUT2D eigenvalue weighted by molar-refractivity contribution is 0.0987. The summed E-state index contributed by atoms with van der Waals surface area (Å²) in [5, 5.41) is 6.16. The number of sulfonamides is 1. The smallest absolute Gasteiger partial charge is 0.280 e. The van der Waals surface area contributed by atoms with Crippen LogP contribution in [0.1, 0.15) is 33.5 Å². The van der Waals surface area contributed by atoms with Crippen molar-refractivity contribution in [2.24, 2.45) is 5.10 Å². The van der Waals surface area contributed by atoms with Crippen molar-refractivity contribution in [1.29, 1.82) is 0 Å². The summed E-state index contributed by atoms with van der Waals surface area (Å²) in [5.41, 5.74) is 4.64. The molecule has 0 saturated heterocycles. The van der Waals surface area contributed by atoms with Crippen molar-refractivity contribution in [2.45, 2.75) is 24.7 Å². The zero-order valence-electron chi connectivity index (χ0n) is 23.1. The lowest BCUT2D eigenvalue weighted by Crippen LogP contribution is -2.35. The number of carbonyl (C=O) groups is 1. The van der Waals surface area contributed by atoms with Gasteiger partial charge in [-0.2, -0.15) is 10.1 Å². The van der Waals surface area contributed by atoms with Crippen molar-refractivity contribution >= 4 is 54.5 Å². The van der Waals surface area contributed by atoms with Gasteiger partial charge < -0.3 is 4.74 Å². The molecule has 4 aromatic carbocycles. The second-order valence-electron chi connectivity index (χ2n) is 9.94. The minimum Gasteiger partial charge on any atom is -0.497 e. The van der Waals surface area contributed by atoms with E-state index in [9.17, 15) is 13.2 Å². The third kappa shape index (κ3) is 5.38. The van der Waals surface area contributed by atoms with E-state index in [1.807, 2.05) is 73.7 Å². The zero-order chi connectivity index (χ0) is 29.3. The van der Waals surface area contributed by atoms with E-state index in [1.165, 1.54) is 44.9 Å². The predicted molar refractivity (Wildman–Crippen MR) is 167 cm³/mol. The number of ether oxygens (including phenoxy) is 1. The van der Waals surface area contributed by atoms with Gasteiger partial charge in [0.05, 0.1) is 34.1 Å². The Morgan fingerprint density at radius 1 is 1.02 bits per heavy atom. The van der Waals surface area contributed by atoms with Gasteiger partial charge >= 0.3 is 0 Å². The number of para-hydroxylation sites is 1. The van der Waals surface area contributed by atoms with Crippen LogP contribution in [0.3, 0.4) is 0 Å². The first-order chi connectivity index (χ1) is 20.3. The van der Waals surface area contributed by atoms with Crippen molar-refractivity contribution in [3.05, 3.63) is 113 Å². The van der Waals surface area contributed by atoms with E-state index in [0.717, 1.165) is 34.2 Å². The van der Waals surface area contributed by atoms with Gasteiger partial charge in [-0.15, -0.1) is 0 Å². The molecule has 0 N–H and O–H groups in total. The summed E-state index contributed by atoms with van der Waals surface area (Å²) in [5.74, 6) is 0.253. The van der Waals surface area contributed by atoms with Crippen molar-refractivity contribution in [3.63, 3.8) is 0 Å². The third-order valence-electron chi connectivity index (χ3n) is 7.11. The Morgan fingerprint density at radius 3 is 2.55 bits per heavy atom. The summed E-state index contributed by atoms with van der Waals surface area (Å²) in [7, 11) is -2.21. The van der Waals surface area contributed by atoms with E-state index >= 15 is 0 Å². The van der Waals surface area contributed by atoms with Crippen molar-refractivity contribution in [2.75, 3.05) is 23.0 Å². The van der Waals surface area contributed by atoms with Crippen LogP contribution in [0, 0.1) is 6.92 Å². The van der Waals surface area contributed by atoms with Gasteiger partial charge in [0.1, 0.15) is 5.75 Å². The molecule has 0 fully saturated rings. The van der Waals surface area contributed by atoms with Crippen LogP contribution in [-0.2, 0) is 16.4 Å². The summed E-state index contributed by atoms with van der Waals surface area (Å²) < 4.78 is 34.9. The van der Waals surface area contributed by atoms with Gasteiger partial charge in [-0.05, 0) is 79.4 Å². The van der Waals surface area contributed by atoms with E-state index in [-0.39, 0.29) is 10.5 Å². The highest BCUT2D eigenvalue weighted by molar-refractivity contribution is 7.92. The number of aryl methyl sites for hydroxylation is 2. The van der Waals surface area contributed by atoms with E-state index in [1.54, 1.807) is 13.3 Å². The van der Waals surface area contributed by atoms with E-state index in [0.29, 0.717) is 28.6 Å². The van der Waals surface area contributed by atoms with Crippen molar-refractivity contribution < 1.29 is 17.9 Å². The summed E-state index contributed by atoms with van der Waals surface area (Å²) in [4.78, 5) is 18.6. The summed E-state index contributed by atoms with van der Waals surface area (Å²) >= 11 is 1.31. The molecule has 10 heteroatoms. The molecule has 0 bridgehead atoms. The molecule has 1 amide bonds. The maximum atomic E-state index is 13.8. The highest BCUT2D eigenvalue weighted by atomic mass is 32.2. The van der Waals surface area contributed by atoms with Crippen LogP contribution in [0.2, 0.25) is 0 Å². The SMILES string of the molecule is COc1ccc2nc(N(/N=C/c3ccc(C)cc3)C(=O)c3ccc(S(=O)(=O)N4CCCc5ccccc54)cc3)sc2c1. The van der Waals surface area contributed by atoms with Crippen LogP contribution in [0.25, 0.3) is 10.2 Å². The number of thiazole rings is 1. The number of hydrazone groups is 1. The predicted octanol–water partition coefficient (Wildman–Crippen LogP) is 6.44. The lowest BCUT2D eigenvalue weighted by atomic mass is 10.0. The van der Waals surface area contributed by atoms with E-state index in [2.05, 4.69) is 10.1 Å². The number of anilines is 2. The van der Waals surface area contributed by atoms with Crippen LogP contribution < -0.4 is 14.1 Å². The lowest BCUT2D eigenvalue weighted by Gasteiger charge is -2.30. The highest BCUT2D eigenvalue weighted by Crippen LogP contribution is 2.34. The third-order valence-corrected chi connectivity index (χ3v) is 9.94. The average molecular weight is 597 g/mol. The first-order valence-electron chi connectivity index (χ1n) is 13.4. The number of hydrogen-bond donors (Lipinski definition) is 0. The molecule has 0 atom stereocenters. The number of methoxy groups -OCH3 is 1. The number of nitrogens with zero attached hydrogens (tertiary/aromatic N) is 4. The minimum atomic E-state index is -3.81. The topological polar surface area (TPSA) is 92.2 Å². The fourth-order valence-corrected chi connectivity index (χ4v) is 7.34. The maximum Gasteiger partial charge on any atom is 0.280 e. The van der Waals surface area contributed by atoms with Crippen LogP contribution >= 0.6 is 11.3 Å². The number of fused-ring (bicyclic) bond motifs is 2. The molecule has 2 heterocycles. The van der Waals surface area contributed by atoms with Crippen LogP contribution in [0.15, 0.2) is 101 Å². The number of carbonyl (C=O) groups excluding carboxylic acids is 1. The Balaban J connectivity index is 1.33. The van der Waals surface area contributed by atoms with Gasteiger partial charge in [0, 0.05) is 12.1 Å². The van der Waals surface area contributed by atoms with Crippen molar-refractivity contribution in [3.8, 4) is 5.75 Å². The second-order valence-corrected chi connectivity index (χ2v) is 12.8. The Hall–Kier alpha value is -4.54. The van der Waals surface area contributed by atoms with Crippen LogP contribution in [-0.4, -0.2) is 39.2 Å². The number of aromatic nitrogens is 1. The molecule has 1 aliphatic heterocycles. The first kappa shape index (κ1) is 27.6. The van der Waals surface area contributed by atoms with E-state index < -0.39 is 15.9 Å². The van der Waals surface area contributed by atoms with E-state index in [4.69, 9.17) is 4.74 Å². The molecule has 0 saturated carbocycles. The number of rotatable bonds is 7. The number of amides is 1. The van der Waals surface area contributed by atoms with Gasteiger partial charge in [0.2, 0.25) is 5.13 Å². The minimum absolute atomic E-state index is 0.123. The molecule has 0 aliphatic carbocycles. The maximum absolute atomic E-state index is 13.8. The van der Waals surface area contributed by atoms with Gasteiger partial charge in [0.15, 0.2) is 0 Å². The summed E-state index contributed by atoms with van der Waals surface area (Å²) in [6, 6.07) is 26.8. The molecule has 1 aliphatic rings. The molecular weight excluding hydrogens is 569 g/mol. The highest BCUT2D eigenvalue weighted by Gasteiger charge is 2.29. The zero-order valence-corrected chi connectivity index (χ0v) is 24.7. The Bertz CT molecular complexity index is 1900. The Morgan fingerprint density at radius 2 is 1.79 bits per heavy atom. The molecule has 5 aromatic rings.